The predicted octanol–water partition coefficient (Wildman–Crippen LogP) is 1.81. The number of nitrogens with one attached hydrogen (secondary N) is 1. The summed E-state index contributed by atoms with van der Waals surface area (Å²) in [5, 5.41) is -0.171. The van der Waals surface area contributed by atoms with Crippen LogP contribution in [0.25, 0.3) is 0 Å². The van der Waals surface area contributed by atoms with Crippen molar-refractivity contribution in [3.63, 3.8) is 0 Å². The van der Waals surface area contributed by atoms with Gasteiger partial charge in [0.15, 0.2) is 0 Å². The van der Waals surface area contributed by atoms with E-state index in [2.05, 4.69) is 11.3 Å². The Morgan fingerprint density at radius 1 is 1.36 bits per heavy atom. The molecule has 3 nitrogen and oxygen atoms in total. The van der Waals surface area contributed by atoms with Gasteiger partial charge in [0.1, 0.15) is 0 Å². The van der Waals surface area contributed by atoms with Crippen LogP contribution in [-0.4, -0.2) is 20.2 Å². The second-order valence-corrected chi connectivity index (χ2v) is 6.13. The molecule has 0 aliphatic heterocycles. The van der Waals surface area contributed by atoms with Crippen LogP contribution in [0.15, 0.2) is 12.2 Å². The standard InChI is InChI=1S/C10H19NO2S/c1-9(2)8-11-14(12,13)10-6-4-3-5-7-10/h10-11H,1,3-8H2,2H3. The fraction of sp³-hybridized carbons (Fsp3) is 0.800. The monoisotopic (exact) mass is 217 g/mol. The third-order valence-corrected chi connectivity index (χ3v) is 4.46. The Bertz CT molecular complexity index is 289. The first-order valence-electron chi connectivity index (χ1n) is 5.15. The Kier molecular flexibility index (Phi) is 4.13. The van der Waals surface area contributed by atoms with Crippen molar-refractivity contribution in [2.24, 2.45) is 0 Å². The molecule has 1 rings (SSSR count). The van der Waals surface area contributed by atoms with Crippen LogP contribution in [0.1, 0.15) is 39.0 Å². The third kappa shape index (κ3) is 3.42. The first kappa shape index (κ1) is 11.7. The van der Waals surface area contributed by atoms with Gasteiger partial charge in [-0.3, -0.25) is 0 Å². The van der Waals surface area contributed by atoms with Crippen LogP contribution < -0.4 is 4.72 Å². The molecule has 14 heavy (non-hydrogen) atoms. The highest BCUT2D eigenvalue weighted by molar-refractivity contribution is 7.90. The molecule has 0 radical (unpaired) electrons. The molecule has 0 amide bonds. The van der Waals surface area contributed by atoms with Gasteiger partial charge in [0.25, 0.3) is 0 Å². The molecule has 4 heteroatoms. The van der Waals surface area contributed by atoms with Crippen molar-refractivity contribution in [2.45, 2.75) is 44.3 Å². The van der Waals surface area contributed by atoms with Gasteiger partial charge in [-0.1, -0.05) is 31.4 Å². The minimum atomic E-state index is -3.09. The zero-order chi connectivity index (χ0) is 10.6. The van der Waals surface area contributed by atoms with E-state index in [0.29, 0.717) is 6.54 Å². The Balaban J connectivity index is 2.50. The van der Waals surface area contributed by atoms with Crippen molar-refractivity contribution in [1.29, 1.82) is 0 Å². The summed E-state index contributed by atoms with van der Waals surface area (Å²) in [6.07, 6.45) is 4.88. The maximum atomic E-state index is 11.7. The fourth-order valence-electron chi connectivity index (χ4n) is 1.72. The minimum absolute atomic E-state index is 0.171. The van der Waals surface area contributed by atoms with Crippen LogP contribution in [0.5, 0.6) is 0 Å². The Morgan fingerprint density at radius 3 is 2.43 bits per heavy atom. The van der Waals surface area contributed by atoms with Crippen molar-refractivity contribution in [2.75, 3.05) is 6.54 Å². The molecule has 0 bridgehead atoms. The van der Waals surface area contributed by atoms with Gasteiger partial charge in [-0.2, -0.15) is 0 Å². The van der Waals surface area contributed by atoms with Crippen molar-refractivity contribution in [3.8, 4) is 0 Å². The van der Waals surface area contributed by atoms with Crippen LogP contribution >= 0.6 is 0 Å². The zero-order valence-corrected chi connectivity index (χ0v) is 9.57. The predicted molar refractivity (Wildman–Crippen MR) is 58.6 cm³/mol. The van der Waals surface area contributed by atoms with E-state index >= 15 is 0 Å². The molecule has 0 unspecified atom stereocenters. The van der Waals surface area contributed by atoms with Gasteiger partial charge >= 0.3 is 0 Å². The summed E-state index contributed by atoms with van der Waals surface area (Å²) in [6.45, 7) is 5.87. The fourth-order valence-corrected chi connectivity index (χ4v) is 3.35. The zero-order valence-electron chi connectivity index (χ0n) is 8.75. The highest BCUT2D eigenvalue weighted by Gasteiger charge is 2.26. The van der Waals surface area contributed by atoms with Crippen molar-refractivity contribution in [1.82, 2.24) is 4.72 Å². The number of sulfonamides is 1. The van der Waals surface area contributed by atoms with Gasteiger partial charge in [-0.05, 0) is 19.8 Å². The molecule has 0 aromatic carbocycles. The lowest BCUT2D eigenvalue weighted by Gasteiger charge is -2.21. The lowest BCUT2D eigenvalue weighted by atomic mass is 10.0. The smallest absolute Gasteiger partial charge is 0.212 e. The largest absolute Gasteiger partial charge is 0.214 e. The summed E-state index contributed by atoms with van der Waals surface area (Å²) in [5.74, 6) is 0. The molecule has 82 valence electrons. The van der Waals surface area contributed by atoms with Crippen LogP contribution in [0.3, 0.4) is 0 Å². The highest BCUT2D eigenvalue weighted by atomic mass is 32.2. The SMILES string of the molecule is C=C(C)CNS(=O)(=O)C1CCCCC1. The molecule has 0 aromatic heterocycles. The van der Waals surface area contributed by atoms with Gasteiger partial charge < -0.3 is 0 Å². The molecule has 0 aromatic rings. The van der Waals surface area contributed by atoms with Crippen molar-refractivity contribution in [3.05, 3.63) is 12.2 Å². The van der Waals surface area contributed by atoms with E-state index in [4.69, 9.17) is 0 Å². The molecule has 0 heterocycles. The molecule has 0 atom stereocenters. The average molecular weight is 217 g/mol. The average Bonchev–Trinajstić information content (AvgIpc) is 2.16. The summed E-state index contributed by atoms with van der Waals surface area (Å²) in [4.78, 5) is 0. The van der Waals surface area contributed by atoms with Crippen molar-refractivity contribution < 1.29 is 8.42 Å². The Hall–Kier alpha value is -0.350. The van der Waals surface area contributed by atoms with Gasteiger partial charge in [-0.15, -0.1) is 0 Å². The van der Waals surface area contributed by atoms with E-state index in [0.717, 1.165) is 31.3 Å². The molecule has 0 saturated heterocycles. The second-order valence-electron chi connectivity index (χ2n) is 4.08. The number of hydrogen-bond acceptors (Lipinski definition) is 2. The first-order chi connectivity index (χ1) is 6.52. The van der Waals surface area contributed by atoms with Gasteiger partial charge in [0.2, 0.25) is 10.0 Å². The molecule has 1 fully saturated rings. The molecular weight excluding hydrogens is 198 g/mol. The summed E-state index contributed by atoms with van der Waals surface area (Å²) in [5.41, 5.74) is 0.851. The van der Waals surface area contributed by atoms with Gasteiger partial charge in [0, 0.05) is 6.54 Å². The summed E-state index contributed by atoms with van der Waals surface area (Å²) in [7, 11) is -3.09. The summed E-state index contributed by atoms with van der Waals surface area (Å²) < 4.78 is 26.1. The summed E-state index contributed by atoms with van der Waals surface area (Å²) in [6, 6.07) is 0. The third-order valence-electron chi connectivity index (χ3n) is 2.57. The molecule has 1 N–H and O–H groups in total. The lowest BCUT2D eigenvalue weighted by Crippen LogP contribution is -2.36. The highest BCUT2D eigenvalue weighted by Crippen LogP contribution is 2.22. The van der Waals surface area contributed by atoms with E-state index in [1.807, 2.05) is 6.92 Å². The topological polar surface area (TPSA) is 46.2 Å². The maximum absolute atomic E-state index is 11.7. The van der Waals surface area contributed by atoms with Crippen LogP contribution in [0.4, 0.5) is 0 Å². The van der Waals surface area contributed by atoms with E-state index in [9.17, 15) is 8.42 Å². The van der Waals surface area contributed by atoms with E-state index in [-0.39, 0.29) is 5.25 Å². The van der Waals surface area contributed by atoms with Crippen molar-refractivity contribution >= 4 is 10.0 Å². The lowest BCUT2D eigenvalue weighted by molar-refractivity contribution is 0.478. The molecule has 0 spiro atoms. The second kappa shape index (κ2) is 4.94. The molecule has 1 aliphatic carbocycles. The number of rotatable bonds is 4. The van der Waals surface area contributed by atoms with Crippen LogP contribution in [-0.2, 0) is 10.0 Å². The molecule has 1 aliphatic rings. The molecule has 1 saturated carbocycles. The van der Waals surface area contributed by atoms with Gasteiger partial charge in [0.05, 0.1) is 5.25 Å². The number of hydrogen-bond donors (Lipinski definition) is 1. The quantitative estimate of drug-likeness (QED) is 0.730. The Labute approximate surface area is 86.6 Å². The maximum Gasteiger partial charge on any atom is 0.214 e. The van der Waals surface area contributed by atoms with E-state index in [1.165, 1.54) is 6.42 Å². The van der Waals surface area contributed by atoms with Crippen LogP contribution in [0, 0.1) is 0 Å². The first-order valence-corrected chi connectivity index (χ1v) is 6.70. The Morgan fingerprint density at radius 2 is 1.93 bits per heavy atom. The van der Waals surface area contributed by atoms with Gasteiger partial charge in [-0.25, -0.2) is 13.1 Å². The van der Waals surface area contributed by atoms with E-state index < -0.39 is 10.0 Å². The van der Waals surface area contributed by atoms with Crippen LogP contribution in [0.2, 0.25) is 0 Å². The summed E-state index contributed by atoms with van der Waals surface area (Å²) >= 11 is 0. The normalized spacial score (nSPS) is 19.5. The van der Waals surface area contributed by atoms with E-state index in [1.54, 1.807) is 0 Å². The molecular formula is C10H19NO2S. The minimum Gasteiger partial charge on any atom is -0.212 e.